The van der Waals surface area contributed by atoms with Crippen LogP contribution in [0.5, 0.6) is 0 Å². The molecule has 0 aliphatic rings. The number of hydrogen-bond donors (Lipinski definition) is 1. The van der Waals surface area contributed by atoms with E-state index in [9.17, 15) is 0 Å². The summed E-state index contributed by atoms with van der Waals surface area (Å²) in [7, 11) is 0. The average molecular weight is 113 g/mol. The maximum Gasteiger partial charge on any atom is 0.0802 e. The fraction of sp³-hybridized carbons (Fsp3) is 0.571. The summed E-state index contributed by atoms with van der Waals surface area (Å²) in [4.78, 5) is 0. The third kappa shape index (κ3) is 5.70. The summed E-state index contributed by atoms with van der Waals surface area (Å²) in [5.74, 6) is 0. The van der Waals surface area contributed by atoms with E-state index in [4.69, 9.17) is 5.11 Å². The quantitative estimate of drug-likeness (QED) is 0.438. The highest BCUT2D eigenvalue weighted by Crippen LogP contribution is 1.92. The predicted molar refractivity (Wildman–Crippen MR) is 34.9 cm³/mol. The zero-order valence-corrected chi connectivity index (χ0v) is 5.30. The molecular formula is C7H13O. The second kappa shape index (κ2) is 6.70. The molecule has 0 aliphatic carbocycles. The Labute approximate surface area is 51.0 Å². The Morgan fingerprint density at radius 1 is 1.25 bits per heavy atom. The third-order valence-corrected chi connectivity index (χ3v) is 0.865. The van der Waals surface area contributed by atoms with Gasteiger partial charge in [-0.05, 0) is 19.3 Å². The number of rotatable bonds is 4. The second-order valence-corrected chi connectivity index (χ2v) is 1.64. The van der Waals surface area contributed by atoms with Crippen LogP contribution in [-0.2, 0) is 0 Å². The lowest BCUT2D eigenvalue weighted by atomic mass is 10.3. The summed E-state index contributed by atoms with van der Waals surface area (Å²) in [5.41, 5.74) is 0. The fourth-order valence-electron chi connectivity index (χ4n) is 0.455. The first-order chi connectivity index (χ1) is 3.91. The summed E-state index contributed by atoms with van der Waals surface area (Å²) in [6.07, 6.45) is 7.00. The van der Waals surface area contributed by atoms with Gasteiger partial charge in [-0.2, -0.15) is 0 Å². The van der Waals surface area contributed by atoms with Crippen molar-refractivity contribution in [1.82, 2.24) is 0 Å². The molecule has 0 amide bonds. The van der Waals surface area contributed by atoms with Gasteiger partial charge in [0, 0.05) is 0 Å². The Balaban J connectivity index is 2.80. The van der Waals surface area contributed by atoms with E-state index in [0.29, 0.717) is 0 Å². The van der Waals surface area contributed by atoms with Gasteiger partial charge in [-0.3, -0.25) is 0 Å². The van der Waals surface area contributed by atoms with Crippen molar-refractivity contribution in [1.29, 1.82) is 0 Å². The molecule has 47 valence electrons. The minimum absolute atomic E-state index is 0.774. The van der Waals surface area contributed by atoms with Crippen LogP contribution in [0.3, 0.4) is 0 Å². The molecule has 0 atom stereocenters. The molecular weight excluding hydrogens is 100 g/mol. The van der Waals surface area contributed by atoms with Crippen LogP contribution in [0, 0.1) is 6.61 Å². The van der Waals surface area contributed by atoms with E-state index in [-0.39, 0.29) is 0 Å². The minimum atomic E-state index is 0.774. The van der Waals surface area contributed by atoms with Crippen LogP contribution in [0.4, 0.5) is 0 Å². The van der Waals surface area contributed by atoms with E-state index >= 15 is 0 Å². The van der Waals surface area contributed by atoms with Gasteiger partial charge in [-0.1, -0.05) is 19.1 Å². The molecule has 1 radical (unpaired) electrons. The summed E-state index contributed by atoms with van der Waals surface area (Å²) in [6, 6.07) is 0. The highest BCUT2D eigenvalue weighted by atomic mass is 16.2. The summed E-state index contributed by atoms with van der Waals surface area (Å²) < 4.78 is 0. The Morgan fingerprint density at radius 3 is 2.50 bits per heavy atom. The highest BCUT2D eigenvalue weighted by molar-refractivity contribution is 4.80. The van der Waals surface area contributed by atoms with Crippen molar-refractivity contribution in [3.05, 3.63) is 18.8 Å². The lowest BCUT2D eigenvalue weighted by molar-refractivity contribution is 0.376. The van der Waals surface area contributed by atoms with Gasteiger partial charge in [-0.15, -0.1) is 0 Å². The maximum atomic E-state index is 8.21. The van der Waals surface area contributed by atoms with Gasteiger partial charge in [-0.25, -0.2) is 0 Å². The molecule has 0 rings (SSSR count). The van der Waals surface area contributed by atoms with Crippen molar-refractivity contribution >= 4 is 0 Å². The van der Waals surface area contributed by atoms with E-state index < -0.39 is 0 Å². The zero-order chi connectivity index (χ0) is 6.24. The van der Waals surface area contributed by atoms with Crippen LogP contribution in [0.2, 0.25) is 0 Å². The molecule has 8 heavy (non-hydrogen) atoms. The lowest BCUT2D eigenvalue weighted by Crippen LogP contribution is -1.69. The first kappa shape index (κ1) is 7.70. The largest absolute Gasteiger partial charge is 0.390 e. The van der Waals surface area contributed by atoms with Crippen LogP contribution in [0.15, 0.2) is 12.2 Å². The molecule has 0 fully saturated rings. The fourth-order valence-corrected chi connectivity index (χ4v) is 0.455. The van der Waals surface area contributed by atoms with E-state index in [1.165, 1.54) is 6.61 Å². The van der Waals surface area contributed by atoms with Gasteiger partial charge >= 0.3 is 0 Å². The first-order valence-corrected chi connectivity index (χ1v) is 3.02. The summed E-state index contributed by atoms with van der Waals surface area (Å²) >= 11 is 0. The third-order valence-electron chi connectivity index (χ3n) is 0.865. The molecule has 0 aliphatic heterocycles. The lowest BCUT2D eigenvalue weighted by Gasteiger charge is -1.84. The Morgan fingerprint density at radius 2 is 2.00 bits per heavy atom. The Bertz CT molecular complexity index is 57.4. The smallest absolute Gasteiger partial charge is 0.0802 e. The van der Waals surface area contributed by atoms with E-state index in [1.54, 1.807) is 0 Å². The molecule has 0 bridgehead atoms. The Kier molecular flexibility index (Phi) is 6.45. The van der Waals surface area contributed by atoms with E-state index in [0.717, 1.165) is 19.3 Å². The van der Waals surface area contributed by atoms with Crippen molar-refractivity contribution in [2.45, 2.75) is 26.2 Å². The monoisotopic (exact) mass is 113 g/mol. The summed E-state index contributed by atoms with van der Waals surface area (Å²) in [6.45, 7) is 3.29. The topological polar surface area (TPSA) is 20.2 Å². The van der Waals surface area contributed by atoms with E-state index in [2.05, 4.69) is 19.1 Å². The normalized spacial score (nSPS) is 10.8. The van der Waals surface area contributed by atoms with Gasteiger partial charge in [0.15, 0.2) is 0 Å². The maximum absolute atomic E-state index is 8.21. The molecule has 0 saturated heterocycles. The number of aliphatic hydroxyl groups excluding tert-OH is 1. The van der Waals surface area contributed by atoms with Crippen LogP contribution in [-0.4, -0.2) is 5.11 Å². The first-order valence-electron chi connectivity index (χ1n) is 3.02. The number of hydrogen-bond acceptors (Lipinski definition) is 1. The van der Waals surface area contributed by atoms with Crippen LogP contribution < -0.4 is 0 Å². The van der Waals surface area contributed by atoms with Gasteiger partial charge < -0.3 is 5.11 Å². The van der Waals surface area contributed by atoms with Crippen molar-refractivity contribution < 1.29 is 5.11 Å². The Hall–Kier alpha value is -0.300. The van der Waals surface area contributed by atoms with Crippen molar-refractivity contribution in [3.8, 4) is 0 Å². The number of allylic oxidation sites excluding steroid dienone is 2. The standard InChI is InChI=1S/C7H13O/c1-2-3-4-5-6-7-8/h3-4,7-8H,2,5-6H2,1H3/b4-3+. The van der Waals surface area contributed by atoms with Crippen molar-refractivity contribution in [3.63, 3.8) is 0 Å². The molecule has 1 heteroatoms. The van der Waals surface area contributed by atoms with Gasteiger partial charge in [0.1, 0.15) is 0 Å². The van der Waals surface area contributed by atoms with Gasteiger partial charge in [0.05, 0.1) is 6.61 Å². The van der Waals surface area contributed by atoms with Gasteiger partial charge in [0.25, 0.3) is 0 Å². The second-order valence-electron chi connectivity index (χ2n) is 1.64. The molecule has 1 N–H and O–H groups in total. The van der Waals surface area contributed by atoms with E-state index in [1.807, 2.05) is 0 Å². The zero-order valence-electron chi connectivity index (χ0n) is 5.30. The molecule has 0 spiro atoms. The minimum Gasteiger partial charge on any atom is -0.390 e. The molecule has 0 saturated carbocycles. The summed E-state index contributed by atoms with van der Waals surface area (Å²) in [5, 5.41) is 8.21. The number of unbranched alkanes of at least 4 members (excludes halogenated alkanes) is 1. The van der Waals surface area contributed by atoms with Crippen molar-refractivity contribution in [2.24, 2.45) is 0 Å². The van der Waals surface area contributed by atoms with Crippen LogP contribution in [0.25, 0.3) is 0 Å². The predicted octanol–water partition coefficient (Wildman–Crippen LogP) is 2.27. The van der Waals surface area contributed by atoms with Gasteiger partial charge in [0.2, 0.25) is 0 Å². The molecule has 1 nitrogen and oxygen atoms in total. The van der Waals surface area contributed by atoms with Crippen LogP contribution >= 0.6 is 0 Å². The molecule has 0 aromatic heterocycles. The molecule has 0 heterocycles. The molecule has 0 aromatic carbocycles. The SMILES string of the molecule is CC/C=C/CC[CH]O. The number of aliphatic hydroxyl groups is 1. The van der Waals surface area contributed by atoms with Crippen molar-refractivity contribution in [2.75, 3.05) is 0 Å². The molecule has 0 aromatic rings. The molecule has 0 unspecified atom stereocenters. The average Bonchev–Trinajstić information content (AvgIpc) is 1.81. The van der Waals surface area contributed by atoms with Crippen LogP contribution in [0.1, 0.15) is 26.2 Å². The highest BCUT2D eigenvalue weighted by Gasteiger charge is 1.76.